The van der Waals surface area contributed by atoms with Gasteiger partial charge in [-0.3, -0.25) is 9.59 Å². The smallest absolute Gasteiger partial charge is 0.408 e. The molecule has 0 bridgehead atoms. The lowest BCUT2D eigenvalue weighted by atomic mass is 9.87. The van der Waals surface area contributed by atoms with E-state index >= 15 is 0 Å². The molecular weight excluding hydrogens is 498 g/mol. The Morgan fingerprint density at radius 3 is 2.26 bits per heavy atom. The molecule has 2 aromatic rings. The Kier molecular flexibility index (Phi) is 9.83. The fourth-order valence-electron chi connectivity index (χ4n) is 4.52. The number of nitrogens with zero attached hydrogens (tertiary/aromatic N) is 1. The van der Waals surface area contributed by atoms with Crippen LogP contribution in [-0.4, -0.2) is 52.7 Å². The Morgan fingerprint density at radius 2 is 1.74 bits per heavy atom. The van der Waals surface area contributed by atoms with Crippen LogP contribution in [0.15, 0.2) is 48.5 Å². The number of phenols is 1. The average molecular weight is 540 g/mol. The number of hydrogen-bond acceptors (Lipinski definition) is 6. The quantitative estimate of drug-likeness (QED) is 0.372. The highest BCUT2D eigenvalue weighted by Crippen LogP contribution is 2.35. The van der Waals surface area contributed by atoms with Gasteiger partial charge >= 0.3 is 6.09 Å². The van der Waals surface area contributed by atoms with Gasteiger partial charge in [-0.2, -0.15) is 0 Å². The third-order valence-electron chi connectivity index (χ3n) is 6.49. The third-order valence-corrected chi connectivity index (χ3v) is 6.49. The minimum absolute atomic E-state index is 0.0126. The molecule has 2 atom stereocenters. The van der Waals surface area contributed by atoms with E-state index in [1.54, 1.807) is 69.2 Å². The summed E-state index contributed by atoms with van der Waals surface area (Å²) in [6, 6.07) is 11.2. The molecule has 0 heterocycles. The summed E-state index contributed by atoms with van der Waals surface area (Å²) in [5.41, 5.74) is 0.283. The molecule has 1 fully saturated rings. The van der Waals surface area contributed by atoms with Gasteiger partial charge in [-0.1, -0.05) is 26.0 Å². The number of aromatic hydroxyl groups is 1. The van der Waals surface area contributed by atoms with Crippen molar-refractivity contribution in [2.75, 3.05) is 12.4 Å². The lowest BCUT2D eigenvalue weighted by Crippen LogP contribution is -2.57. The van der Waals surface area contributed by atoms with E-state index in [2.05, 4.69) is 10.6 Å². The van der Waals surface area contributed by atoms with Gasteiger partial charge in [-0.15, -0.1) is 0 Å². The van der Waals surface area contributed by atoms with Crippen LogP contribution in [0.25, 0.3) is 0 Å². The van der Waals surface area contributed by atoms with E-state index in [9.17, 15) is 19.5 Å². The molecule has 0 aliphatic heterocycles. The predicted octanol–water partition coefficient (Wildman–Crippen LogP) is 5.40. The number of alkyl carbamates (subject to hydrolysis) is 1. The fourth-order valence-corrected chi connectivity index (χ4v) is 4.52. The standard InChI is InChI=1S/C30H41N3O6/c1-19(2)17-25(32-29(37)39-30(3,4)5)28(36)33(22-10-8-11-22)26(20-9-7-12-23(34)18-20)27(35)31-21-13-15-24(38-6)16-14-21/h7,9,12-16,18-19,22,25-26,34H,8,10-11,17H2,1-6H3,(H,31,35)(H,32,37). The Hall–Kier alpha value is -3.75. The van der Waals surface area contributed by atoms with Crippen LogP contribution >= 0.6 is 0 Å². The number of methoxy groups -OCH3 is 1. The zero-order valence-corrected chi connectivity index (χ0v) is 23.7. The zero-order valence-electron chi connectivity index (χ0n) is 23.7. The van der Waals surface area contributed by atoms with Crippen molar-refractivity contribution in [3.8, 4) is 11.5 Å². The van der Waals surface area contributed by atoms with Gasteiger partial charge in [0.15, 0.2) is 0 Å². The number of ether oxygens (including phenoxy) is 2. The van der Waals surface area contributed by atoms with Gasteiger partial charge in [0, 0.05) is 11.7 Å². The van der Waals surface area contributed by atoms with Crippen LogP contribution in [0.2, 0.25) is 0 Å². The first-order valence-corrected chi connectivity index (χ1v) is 13.4. The van der Waals surface area contributed by atoms with Gasteiger partial charge in [0.1, 0.15) is 29.2 Å². The number of nitrogens with one attached hydrogen (secondary N) is 2. The van der Waals surface area contributed by atoms with Crippen molar-refractivity contribution >= 4 is 23.6 Å². The van der Waals surface area contributed by atoms with Crippen molar-refractivity contribution in [2.45, 2.75) is 84.0 Å². The third kappa shape index (κ3) is 8.37. The number of phenolic OH excluding ortho intramolecular Hbond substituents is 1. The van der Waals surface area contributed by atoms with Gasteiger partial charge in [-0.05, 0) is 94.3 Å². The minimum atomic E-state index is -1.04. The molecule has 2 unspecified atom stereocenters. The van der Waals surface area contributed by atoms with Crippen molar-refractivity contribution < 1.29 is 29.0 Å². The molecule has 0 radical (unpaired) electrons. The SMILES string of the molecule is COc1ccc(NC(=O)C(c2cccc(O)c2)N(C(=O)C(CC(C)C)NC(=O)OC(C)(C)C)C2CCC2)cc1. The van der Waals surface area contributed by atoms with Crippen LogP contribution in [0.1, 0.15) is 71.9 Å². The van der Waals surface area contributed by atoms with Gasteiger partial charge in [-0.25, -0.2) is 4.79 Å². The summed E-state index contributed by atoms with van der Waals surface area (Å²) >= 11 is 0. The average Bonchev–Trinajstić information content (AvgIpc) is 2.80. The topological polar surface area (TPSA) is 117 Å². The van der Waals surface area contributed by atoms with Gasteiger partial charge < -0.3 is 30.1 Å². The number of carbonyl (C=O) groups is 3. The molecule has 9 heteroatoms. The molecule has 1 saturated carbocycles. The van der Waals surface area contributed by atoms with E-state index in [1.807, 2.05) is 13.8 Å². The summed E-state index contributed by atoms with van der Waals surface area (Å²) in [5, 5.41) is 15.9. The number of amides is 3. The van der Waals surface area contributed by atoms with Crippen LogP contribution in [-0.2, 0) is 14.3 Å². The number of hydrogen-bond donors (Lipinski definition) is 3. The van der Waals surface area contributed by atoms with Crippen molar-refractivity contribution in [1.82, 2.24) is 10.2 Å². The molecule has 3 N–H and O–H groups in total. The summed E-state index contributed by atoms with van der Waals surface area (Å²) < 4.78 is 10.7. The molecule has 2 aromatic carbocycles. The maximum Gasteiger partial charge on any atom is 0.408 e. The van der Waals surface area contributed by atoms with Crippen LogP contribution in [0.4, 0.5) is 10.5 Å². The molecule has 9 nitrogen and oxygen atoms in total. The first kappa shape index (κ1) is 29.8. The summed E-state index contributed by atoms with van der Waals surface area (Å²) in [6.07, 6.45) is 2.07. The second kappa shape index (κ2) is 12.9. The molecule has 39 heavy (non-hydrogen) atoms. The first-order chi connectivity index (χ1) is 18.4. The van der Waals surface area contributed by atoms with E-state index in [4.69, 9.17) is 9.47 Å². The molecule has 1 aliphatic carbocycles. The van der Waals surface area contributed by atoms with Crippen molar-refractivity contribution in [3.63, 3.8) is 0 Å². The molecule has 0 aromatic heterocycles. The Balaban J connectivity index is 2.00. The molecule has 3 rings (SSSR count). The Morgan fingerprint density at radius 1 is 1.08 bits per heavy atom. The molecule has 0 spiro atoms. The van der Waals surface area contributed by atoms with E-state index in [1.165, 1.54) is 12.1 Å². The van der Waals surface area contributed by atoms with Crippen LogP contribution < -0.4 is 15.4 Å². The van der Waals surface area contributed by atoms with Gasteiger partial charge in [0.2, 0.25) is 5.91 Å². The lowest BCUT2D eigenvalue weighted by Gasteiger charge is -2.43. The second-order valence-corrected chi connectivity index (χ2v) is 11.4. The van der Waals surface area contributed by atoms with Crippen LogP contribution in [0, 0.1) is 5.92 Å². The molecule has 3 amide bonds. The second-order valence-electron chi connectivity index (χ2n) is 11.4. The van der Waals surface area contributed by atoms with E-state index in [0.717, 1.165) is 19.3 Å². The van der Waals surface area contributed by atoms with Crippen molar-refractivity contribution in [3.05, 3.63) is 54.1 Å². The zero-order chi connectivity index (χ0) is 28.7. The number of carbonyl (C=O) groups excluding carboxylic acids is 3. The predicted molar refractivity (Wildman–Crippen MR) is 150 cm³/mol. The van der Waals surface area contributed by atoms with E-state index < -0.39 is 29.7 Å². The van der Waals surface area contributed by atoms with Crippen molar-refractivity contribution in [1.29, 1.82) is 0 Å². The van der Waals surface area contributed by atoms with E-state index in [0.29, 0.717) is 23.4 Å². The van der Waals surface area contributed by atoms with Crippen LogP contribution in [0.3, 0.4) is 0 Å². The Bertz CT molecular complexity index is 1140. The number of benzene rings is 2. The summed E-state index contributed by atoms with van der Waals surface area (Å²) in [5.74, 6) is -0.0662. The van der Waals surface area contributed by atoms with Crippen molar-refractivity contribution in [2.24, 2.45) is 5.92 Å². The molecule has 0 saturated heterocycles. The Labute approximate surface area is 230 Å². The molecule has 1 aliphatic rings. The first-order valence-electron chi connectivity index (χ1n) is 13.4. The molecule has 212 valence electrons. The summed E-state index contributed by atoms with van der Waals surface area (Å²) in [6.45, 7) is 9.21. The highest BCUT2D eigenvalue weighted by atomic mass is 16.6. The summed E-state index contributed by atoms with van der Waals surface area (Å²) in [4.78, 5) is 42.4. The van der Waals surface area contributed by atoms with Crippen LogP contribution in [0.5, 0.6) is 11.5 Å². The van der Waals surface area contributed by atoms with Gasteiger partial charge in [0.05, 0.1) is 7.11 Å². The molecular formula is C30H41N3O6. The number of rotatable bonds is 10. The maximum atomic E-state index is 14.3. The monoisotopic (exact) mass is 539 g/mol. The minimum Gasteiger partial charge on any atom is -0.508 e. The highest BCUT2D eigenvalue weighted by Gasteiger charge is 2.42. The normalized spacial score (nSPS) is 15.1. The van der Waals surface area contributed by atoms with E-state index in [-0.39, 0.29) is 23.6 Å². The maximum absolute atomic E-state index is 14.3. The highest BCUT2D eigenvalue weighted by molar-refractivity contribution is 5.99. The lowest BCUT2D eigenvalue weighted by molar-refractivity contribution is -0.146. The fraction of sp³-hybridized carbons (Fsp3) is 0.500. The van der Waals surface area contributed by atoms with Gasteiger partial charge in [0.25, 0.3) is 5.91 Å². The summed E-state index contributed by atoms with van der Waals surface area (Å²) in [7, 11) is 1.56. The number of anilines is 1. The largest absolute Gasteiger partial charge is 0.508 e.